The van der Waals surface area contributed by atoms with Crippen molar-refractivity contribution in [1.82, 2.24) is 10.2 Å². The number of hydrogen-bond donors (Lipinski definition) is 1. The van der Waals surface area contributed by atoms with Crippen LogP contribution in [0.25, 0.3) is 0 Å². The Balaban J connectivity index is 1.99. The van der Waals surface area contributed by atoms with Crippen molar-refractivity contribution in [2.24, 2.45) is 5.92 Å². The minimum Gasteiger partial charge on any atom is -0.494 e. The monoisotopic (exact) mass is 569 g/mol. The van der Waals surface area contributed by atoms with Gasteiger partial charge in [0, 0.05) is 18.7 Å². The first-order valence-corrected chi connectivity index (χ1v) is 14.6. The summed E-state index contributed by atoms with van der Waals surface area (Å²) < 4.78 is 48.7. The number of para-hydroxylation sites is 1. The third-order valence-corrected chi connectivity index (χ3v) is 7.98. The molecule has 1 unspecified atom stereocenters. The van der Waals surface area contributed by atoms with Gasteiger partial charge in [0.2, 0.25) is 11.8 Å². The van der Waals surface area contributed by atoms with Crippen LogP contribution in [0.5, 0.6) is 5.75 Å². The first-order valence-electron chi connectivity index (χ1n) is 13.2. The summed E-state index contributed by atoms with van der Waals surface area (Å²) in [6, 6.07) is 19.1. The quantitative estimate of drug-likeness (QED) is 0.324. The molecule has 0 bridgehead atoms. The van der Waals surface area contributed by atoms with E-state index >= 15 is 0 Å². The van der Waals surface area contributed by atoms with Gasteiger partial charge in [0.25, 0.3) is 10.0 Å². The molecule has 0 spiro atoms. The Hall–Kier alpha value is -3.92. The van der Waals surface area contributed by atoms with Crippen molar-refractivity contribution in [3.8, 4) is 5.75 Å². The second-order valence-electron chi connectivity index (χ2n) is 9.68. The van der Waals surface area contributed by atoms with E-state index < -0.39 is 40.2 Å². The van der Waals surface area contributed by atoms with Crippen molar-refractivity contribution < 1.29 is 27.1 Å². The summed E-state index contributed by atoms with van der Waals surface area (Å²) in [4.78, 5) is 28.0. The maximum Gasteiger partial charge on any atom is 0.264 e. The van der Waals surface area contributed by atoms with Crippen LogP contribution in [0.2, 0.25) is 0 Å². The van der Waals surface area contributed by atoms with Crippen LogP contribution in [0.4, 0.5) is 10.1 Å². The highest BCUT2D eigenvalue weighted by atomic mass is 32.2. The molecule has 10 heteroatoms. The Bertz CT molecular complexity index is 1380. The van der Waals surface area contributed by atoms with E-state index in [2.05, 4.69) is 5.32 Å². The standard InChI is InChI=1S/C30H36FN3O5S/c1-5-39-26-15-17-27(18-16-26)40(37,38)34(25-12-7-6-8-13-25)21-29(35)33(20-24-11-9-10-14-28(24)31)23(4)30(36)32-19-22(2)3/h6-18,22-23H,5,19-21H2,1-4H3,(H,32,36). The molecule has 1 N–H and O–H groups in total. The number of halogens is 1. The molecule has 8 nitrogen and oxygen atoms in total. The van der Waals surface area contributed by atoms with Gasteiger partial charge in [0.15, 0.2) is 0 Å². The van der Waals surface area contributed by atoms with E-state index in [1.165, 1.54) is 35.2 Å². The average molecular weight is 570 g/mol. The average Bonchev–Trinajstić information content (AvgIpc) is 2.94. The number of carbonyl (C=O) groups is 2. The van der Waals surface area contributed by atoms with Crippen LogP contribution in [0.3, 0.4) is 0 Å². The molecule has 3 aromatic carbocycles. The second kappa shape index (κ2) is 13.9. The number of rotatable bonds is 13. The van der Waals surface area contributed by atoms with Crippen LogP contribution in [-0.2, 0) is 26.2 Å². The molecule has 1 atom stereocenters. The fraction of sp³-hybridized carbons (Fsp3) is 0.333. The van der Waals surface area contributed by atoms with Gasteiger partial charge in [0.05, 0.1) is 17.2 Å². The van der Waals surface area contributed by atoms with Gasteiger partial charge in [-0.15, -0.1) is 0 Å². The fourth-order valence-electron chi connectivity index (χ4n) is 3.97. The summed E-state index contributed by atoms with van der Waals surface area (Å²) in [5.41, 5.74) is 0.479. The summed E-state index contributed by atoms with van der Waals surface area (Å²) in [5.74, 6) is -0.911. The lowest BCUT2D eigenvalue weighted by molar-refractivity contribution is -0.139. The Morgan fingerprint density at radius 1 is 0.925 bits per heavy atom. The first kappa shape index (κ1) is 30.6. The van der Waals surface area contributed by atoms with Gasteiger partial charge >= 0.3 is 0 Å². The fourth-order valence-corrected chi connectivity index (χ4v) is 5.38. The minimum atomic E-state index is -4.21. The zero-order valence-corrected chi connectivity index (χ0v) is 24.0. The number of ether oxygens (including phenoxy) is 1. The Labute approximate surface area is 235 Å². The van der Waals surface area contributed by atoms with Crippen molar-refractivity contribution >= 4 is 27.5 Å². The molecule has 0 heterocycles. The highest BCUT2D eigenvalue weighted by Gasteiger charge is 2.32. The number of amides is 2. The maximum atomic E-state index is 14.6. The van der Waals surface area contributed by atoms with E-state index in [4.69, 9.17) is 4.74 Å². The van der Waals surface area contributed by atoms with Crippen molar-refractivity contribution in [3.05, 3.63) is 90.2 Å². The number of anilines is 1. The van der Waals surface area contributed by atoms with Gasteiger partial charge in [-0.05, 0) is 62.2 Å². The Morgan fingerprint density at radius 2 is 1.55 bits per heavy atom. The van der Waals surface area contributed by atoms with Gasteiger partial charge in [-0.1, -0.05) is 50.2 Å². The normalized spacial score (nSPS) is 12.1. The lowest BCUT2D eigenvalue weighted by Gasteiger charge is -2.32. The summed E-state index contributed by atoms with van der Waals surface area (Å²) in [7, 11) is -4.21. The van der Waals surface area contributed by atoms with Gasteiger partial charge in [-0.2, -0.15) is 0 Å². The predicted octanol–water partition coefficient (Wildman–Crippen LogP) is 4.61. The van der Waals surface area contributed by atoms with Gasteiger partial charge in [-0.25, -0.2) is 12.8 Å². The van der Waals surface area contributed by atoms with Crippen molar-refractivity contribution in [2.75, 3.05) is 24.0 Å². The lowest BCUT2D eigenvalue weighted by atomic mass is 10.1. The molecule has 0 aliphatic rings. The van der Waals surface area contributed by atoms with Gasteiger partial charge in [0.1, 0.15) is 24.2 Å². The number of carbonyl (C=O) groups excluding carboxylic acids is 2. The number of nitrogens with one attached hydrogen (secondary N) is 1. The Morgan fingerprint density at radius 3 is 2.15 bits per heavy atom. The molecule has 0 radical (unpaired) electrons. The summed E-state index contributed by atoms with van der Waals surface area (Å²) >= 11 is 0. The molecular formula is C30H36FN3O5S. The topological polar surface area (TPSA) is 96.0 Å². The highest BCUT2D eigenvalue weighted by Crippen LogP contribution is 2.26. The van der Waals surface area contributed by atoms with Crippen molar-refractivity contribution in [1.29, 1.82) is 0 Å². The number of benzene rings is 3. The molecule has 0 aliphatic heterocycles. The van der Waals surface area contributed by atoms with Crippen LogP contribution in [0.15, 0.2) is 83.8 Å². The lowest BCUT2D eigenvalue weighted by Crippen LogP contribution is -2.51. The Kier molecular flexibility index (Phi) is 10.7. The van der Waals surface area contributed by atoms with Crippen LogP contribution in [-0.4, -0.2) is 50.9 Å². The smallest absolute Gasteiger partial charge is 0.264 e. The molecule has 2 amide bonds. The molecule has 0 aliphatic carbocycles. The molecule has 0 aromatic heterocycles. The zero-order chi connectivity index (χ0) is 29.3. The number of hydrogen-bond acceptors (Lipinski definition) is 5. The van der Waals surface area contributed by atoms with Crippen LogP contribution in [0.1, 0.15) is 33.3 Å². The molecule has 3 rings (SSSR count). The first-order chi connectivity index (χ1) is 19.0. The van der Waals surface area contributed by atoms with E-state index in [9.17, 15) is 22.4 Å². The third-order valence-electron chi connectivity index (χ3n) is 6.20. The van der Waals surface area contributed by atoms with E-state index in [-0.39, 0.29) is 28.6 Å². The minimum absolute atomic E-state index is 0.0315. The SMILES string of the molecule is CCOc1ccc(S(=O)(=O)N(CC(=O)N(Cc2ccccc2F)C(C)C(=O)NCC(C)C)c2ccccc2)cc1. The van der Waals surface area contributed by atoms with E-state index in [0.29, 0.717) is 18.9 Å². The van der Waals surface area contributed by atoms with E-state index in [0.717, 1.165) is 4.31 Å². The van der Waals surface area contributed by atoms with Crippen LogP contribution < -0.4 is 14.4 Å². The second-order valence-corrected chi connectivity index (χ2v) is 11.5. The molecule has 40 heavy (non-hydrogen) atoms. The van der Waals surface area contributed by atoms with Crippen LogP contribution in [0, 0.1) is 11.7 Å². The molecule has 0 saturated heterocycles. The summed E-state index contributed by atoms with van der Waals surface area (Å²) in [6.45, 7) is 7.26. The summed E-state index contributed by atoms with van der Waals surface area (Å²) in [6.07, 6.45) is 0. The molecule has 214 valence electrons. The molecule has 3 aromatic rings. The van der Waals surface area contributed by atoms with E-state index in [1.54, 1.807) is 55.5 Å². The zero-order valence-electron chi connectivity index (χ0n) is 23.2. The predicted molar refractivity (Wildman–Crippen MR) is 153 cm³/mol. The van der Waals surface area contributed by atoms with Crippen molar-refractivity contribution in [2.45, 2.75) is 45.2 Å². The van der Waals surface area contributed by atoms with E-state index in [1.807, 2.05) is 20.8 Å². The maximum absolute atomic E-state index is 14.6. The highest BCUT2D eigenvalue weighted by molar-refractivity contribution is 7.92. The third kappa shape index (κ3) is 7.81. The molecular weight excluding hydrogens is 533 g/mol. The summed E-state index contributed by atoms with van der Waals surface area (Å²) in [5, 5.41) is 2.80. The van der Waals surface area contributed by atoms with Gasteiger partial charge in [-0.3, -0.25) is 13.9 Å². The van der Waals surface area contributed by atoms with Crippen LogP contribution >= 0.6 is 0 Å². The number of sulfonamides is 1. The largest absolute Gasteiger partial charge is 0.494 e. The van der Waals surface area contributed by atoms with Gasteiger partial charge < -0.3 is 15.0 Å². The molecule has 0 saturated carbocycles. The van der Waals surface area contributed by atoms with Crippen molar-refractivity contribution in [3.63, 3.8) is 0 Å². The molecule has 0 fully saturated rings. The number of nitrogens with zero attached hydrogens (tertiary/aromatic N) is 2.